The number of hydrogen-bond acceptors (Lipinski definition) is 2. The minimum absolute atomic E-state index is 0.237. The van der Waals surface area contributed by atoms with Crippen LogP contribution in [-0.4, -0.2) is 5.97 Å². The highest BCUT2D eigenvalue weighted by molar-refractivity contribution is 5.67. The second-order valence-corrected chi connectivity index (χ2v) is 2.90. The molecule has 2 nitrogen and oxygen atoms in total. The van der Waals surface area contributed by atoms with E-state index in [4.69, 9.17) is 4.74 Å². The van der Waals surface area contributed by atoms with Crippen LogP contribution in [0.3, 0.4) is 0 Å². The summed E-state index contributed by atoms with van der Waals surface area (Å²) in [6.07, 6.45) is 6.61. The van der Waals surface area contributed by atoms with E-state index in [-0.39, 0.29) is 5.97 Å². The summed E-state index contributed by atoms with van der Waals surface area (Å²) in [6, 6.07) is 0. The number of ether oxygens (including phenoxy) is 1. The van der Waals surface area contributed by atoms with Gasteiger partial charge in [-0.15, -0.1) is 0 Å². The fraction of sp³-hybridized carbons (Fsp3) is 0.700. The van der Waals surface area contributed by atoms with Gasteiger partial charge in [-0.2, -0.15) is 0 Å². The summed E-state index contributed by atoms with van der Waals surface area (Å²) in [5, 5.41) is 0. The van der Waals surface area contributed by atoms with Crippen LogP contribution < -0.4 is 0 Å². The monoisotopic (exact) mass is 170 g/mol. The molecule has 0 saturated heterocycles. The third kappa shape index (κ3) is 7.32. The molecule has 0 rings (SSSR count). The summed E-state index contributed by atoms with van der Waals surface area (Å²) in [5.74, 6) is 0.484. The number of esters is 1. The normalized spacial score (nSPS) is 11.4. The van der Waals surface area contributed by atoms with Gasteiger partial charge in [-0.05, 0) is 25.8 Å². The third-order valence-electron chi connectivity index (χ3n) is 1.54. The molecule has 0 saturated carbocycles. The zero-order chi connectivity index (χ0) is 9.40. The largest absolute Gasteiger partial charge is 0.432 e. The van der Waals surface area contributed by atoms with Gasteiger partial charge in [0.1, 0.15) is 5.76 Å². The molecule has 70 valence electrons. The van der Waals surface area contributed by atoms with Crippen LogP contribution in [-0.2, 0) is 9.53 Å². The summed E-state index contributed by atoms with van der Waals surface area (Å²) in [5.41, 5.74) is 0. The smallest absolute Gasteiger partial charge is 0.307 e. The second-order valence-electron chi connectivity index (χ2n) is 2.90. The lowest BCUT2D eigenvalue weighted by Gasteiger charge is -1.99. The second kappa shape index (κ2) is 6.89. The van der Waals surface area contributed by atoms with Gasteiger partial charge >= 0.3 is 5.97 Å². The van der Waals surface area contributed by atoms with E-state index in [9.17, 15) is 4.79 Å². The van der Waals surface area contributed by atoms with E-state index in [1.165, 1.54) is 26.2 Å². The maximum absolute atomic E-state index is 10.5. The van der Waals surface area contributed by atoms with Gasteiger partial charge in [-0.3, -0.25) is 4.79 Å². The van der Waals surface area contributed by atoms with Crippen LogP contribution in [0.2, 0.25) is 0 Å². The van der Waals surface area contributed by atoms with E-state index < -0.39 is 0 Å². The zero-order valence-corrected chi connectivity index (χ0v) is 8.22. The van der Waals surface area contributed by atoms with Crippen LogP contribution in [0.5, 0.6) is 0 Å². The quantitative estimate of drug-likeness (QED) is 0.360. The van der Waals surface area contributed by atoms with Crippen molar-refractivity contribution in [1.82, 2.24) is 0 Å². The minimum Gasteiger partial charge on any atom is -0.432 e. The molecule has 0 amide bonds. The van der Waals surface area contributed by atoms with E-state index >= 15 is 0 Å². The first-order chi connectivity index (χ1) is 5.66. The molecule has 0 aromatic carbocycles. The predicted octanol–water partition coefficient (Wildman–Crippen LogP) is 3.03. The fourth-order valence-corrected chi connectivity index (χ4v) is 0.968. The molecule has 0 unspecified atom stereocenters. The van der Waals surface area contributed by atoms with Gasteiger partial charge in [0.2, 0.25) is 0 Å². The number of carbonyl (C=O) groups is 1. The number of unbranched alkanes of at least 4 members (excludes halogenated alkanes) is 3. The van der Waals surface area contributed by atoms with Crippen molar-refractivity contribution >= 4 is 5.97 Å². The highest BCUT2D eigenvalue weighted by Crippen LogP contribution is 2.04. The van der Waals surface area contributed by atoms with Gasteiger partial charge < -0.3 is 4.74 Å². The average molecular weight is 170 g/mol. The Morgan fingerprint density at radius 2 is 2.00 bits per heavy atom. The molecule has 12 heavy (non-hydrogen) atoms. The molecule has 0 bridgehead atoms. The number of rotatable bonds is 5. The maximum atomic E-state index is 10.5. The van der Waals surface area contributed by atoms with Crippen LogP contribution in [0, 0.1) is 0 Å². The third-order valence-corrected chi connectivity index (χ3v) is 1.54. The molecule has 0 spiro atoms. The van der Waals surface area contributed by atoms with Gasteiger partial charge in [-0.1, -0.05) is 19.8 Å². The van der Waals surface area contributed by atoms with Crippen LogP contribution >= 0.6 is 0 Å². The Hall–Kier alpha value is -0.790. The molecule has 0 aliphatic heterocycles. The molecular formula is C10H18O2. The van der Waals surface area contributed by atoms with E-state index in [2.05, 4.69) is 6.92 Å². The summed E-state index contributed by atoms with van der Waals surface area (Å²) >= 11 is 0. The van der Waals surface area contributed by atoms with Crippen molar-refractivity contribution in [1.29, 1.82) is 0 Å². The first kappa shape index (κ1) is 11.2. The Morgan fingerprint density at radius 1 is 1.33 bits per heavy atom. The lowest BCUT2D eigenvalue weighted by Crippen LogP contribution is -1.95. The molecule has 0 radical (unpaired) electrons. The summed E-state index contributed by atoms with van der Waals surface area (Å²) in [7, 11) is 0. The van der Waals surface area contributed by atoms with Crippen molar-refractivity contribution in [2.75, 3.05) is 0 Å². The molecule has 2 heteroatoms. The van der Waals surface area contributed by atoms with Crippen molar-refractivity contribution in [2.24, 2.45) is 0 Å². The van der Waals surface area contributed by atoms with Crippen LogP contribution in [0.4, 0.5) is 0 Å². The Morgan fingerprint density at radius 3 is 2.50 bits per heavy atom. The van der Waals surface area contributed by atoms with Crippen molar-refractivity contribution in [3.8, 4) is 0 Å². The molecule has 0 heterocycles. The van der Waals surface area contributed by atoms with Crippen LogP contribution in [0.1, 0.15) is 46.5 Å². The fourth-order valence-electron chi connectivity index (χ4n) is 0.968. The Labute approximate surface area is 74.6 Å². The number of allylic oxidation sites excluding steroid dienone is 2. The Kier molecular flexibility index (Phi) is 6.44. The summed E-state index contributed by atoms with van der Waals surface area (Å²) < 4.78 is 4.85. The molecule has 0 N–H and O–H groups in total. The Bertz CT molecular complexity index is 159. The van der Waals surface area contributed by atoms with Gasteiger partial charge in [-0.25, -0.2) is 0 Å². The van der Waals surface area contributed by atoms with Crippen LogP contribution in [0.15, 0.2) is 11.8 Å². The van der Waals surface area contributed by atoms with Crippen molar-refractivity contribution in [3.63, 3.8) is 0 Å². The molecule has 0 fully saturated rings. The molecule has 0 aromatic rings. The van der Waals surface area contributed by atoms with Crippen molar-refractivity contribution in [3.05, 3.63) is 11.8 Å². The first-order valence-electron chi connectivity index (χ1n) is 4.52. The lowest BCUT2D eigenvalue weighted by atomic mass is 10.2. The summed E-state index contributed by atoms with van der Waals surface area (Å²) in [6.45, 7) is 5.40. The molecule has 0 aromatic heterocycles. The van der Waals surface area contributed by atoms with Gasteiger partial charge in [0.15, 0.2) is 0 Å². The zero-order valence-electron chi connectivity index (χ0n) is 8.22. The number of hydrogen-bond donors (Lipinski definition) is 0. The van der Waals surface area contributed by atoms with Crippen LogP contribution in [0.25, 0.3) is 0 Å². The lowest BCUT2D eigenvalue weighted by molar-refractivity contribution is -0.136. The van der Waals surface area contributed by atoms with Gasteiger partial charge in [0, 0.05) is 6.92 Å². The SMILES string of the molecule is CCCCC/C=C(\C)OC(C)=O. The van der Waals surface area contributed by atoms with E-state index in [1.807, 2.05) is 13.0 Å². The molecule has 0 aliphatic rings. The standard InChI is InChI=1S/C10H18O2/c1-4-5-6-7-8-9(2)12-10(3)11/h8H,4-7H2,1-3H3/b9-8+. The van der Waals surface area contributed by atoms with Gasteiger partial charge in [0.05, 0.1) is 0 Å². The summed E-state index contributed by atoms with van der Waals surface area (Å²) in [4.78, 5) is 10.5. The maximum Gasteiger partial charge on any atom is 0.307 e. The predicted molar refractivity (Wildman–Crippen MR) is 49.7 cm³/mol. The minimum atomic E-state index is -0.237. The highest BCUT2D eigenvalue weighted by atomic mass is 16.5. The average Bonchev–Trinajstić information content (AvgIpc) is 1.97. The van der Waals surface area contributed by atoms with Gasteiger partial charge in [0.25, 0.3) is 0 Å². The molecule has 0 atom stereocenters. The van der Waals surface area contributed by atoms with E-state index in [1.54, 1.807) is 0 Å². The van der Waals surface area contributed by atoms with Crippen molar-refractivity contribution in [2.45, 2.75) is 46.5 Å². The highest BCUT2D eigenvalue weighted by Gasteiger charge is 1.93. The molecular weight excluding hydrogens is 152 g/mol. The first-order valence-corrected chi connectivity index (χ1v) is 4.52. The number of carbonyl (C=O) groups excluding carboxylic acids is 1. The molecule has 0 aliphatic carbocycles. The van der Waals surface area contributed by atoms with E-state index in [0.717, 1.165) is 12.2 Å². The Balaban J connectivity index is 3.48. The topological polar surface area (TPSA) is 26.3 Å². The van der Waals surface area contributed by atoms with Crippen molar-refractivity contribution < 1.29 is 9.53 Å². The van der Waals surface area contributed by atoms with E-state index in [0.29, 0.717) is 0 Å².